The van der Waals surface area contributed by atoms with Crippen molar-refractivity contribution in [2.24, 2.45) is 11.8 Å². The third-order valence-corrected chi connectivity index (χ3v) is 7.29. The molecule has 2 aliphatic heterocycles. The molecular formula is C24H25F3N6O2. The van der Waals surface area contributed by atoms with Crippen LogP contribution >= 0.6 is 0 Å². The summed E-state index contributed by atoms with van der Waals surface area (Å²) in [6.45, 7) is 2.49. The van der Waals surface area contributed by atoms with Crippen LogP contribution in [0.25, 0.3) is 0 Å². The van der Waals surface area contributed by atoms with E-state index < -0.39 is 23.6 Å². The molecule has 184 valence electrons. The SMILES string of the molecule is COc1cc(N2C[C@H]3CC[C@@H](C2)C3Nc2nc3n(n2)CCO[C@H]3c2ccc(F)c(F)c2F)ccn1. The van der Waals surface area contributed by atoms with Crippen molar-refractivity contribution in [3.05, 3.63) is 59.3 Å². The van der Waals surface area contributed by atoms with Crippen LogP contribution in [0, 0.1) is 29.3 Å². The lowest BCUT2D eigenvalue weighted by molar-refractivity contribution is 0.0364. The summed E-state index contributed by atoms with van der Waals surface area (Å²) >= 11 is 0. The van der Waals surface area contributed by atoms with Crippen LogP contribution in [0.4, 0.5) is 24.8 Å². The lowest BCUT2D eigenvalue weighted by Crippen LogP contribution is -2.48. The molecule has 1 unspecified atom stereocenters. The summed E-state index contributed by atoms with van der Waals surface area (Å²) in [5, 5.41) is 8.08. The van der Waals surface area contributed by atoms with E-state index in [2.05, 4.69) is 25.3 Å². The standard InChI is InChI=1S/C24H25F3N6O2/c1-34-18-10-15(6-7-28-18)32-11-13-2-3-14(12-32)21(13)29-24-30-23-22(35-9-8-33(23)31-24)16-4-5-17(25)20(27)19(16)26/h4-7,10,13-14,21-22H,2-3,8-9,11-12H2,1H3,(H,29,31)/t13-,14+,21?,22-/m0/s1. The first-order chi connectivity index (χ1) is 17.0. The average Bonchev–Trinajstić information content (AvgIpc) is 3.38. The molecule has 3 aliphatic rings. The number of halogens is 3. The third-order valence-electron chi connectivity index (χ3n) is 7.29. The molecule has 4 heterocycles. The van der Waals surface area contributed by atoms with Gasteiger partial charge in [-0.25, -0.2) is 22.8 Å². The fourth-order valence-electron chi connectivity index (χ4n) is 5.60. The minimum atomic E-state index is -1.52. The van der Waals surface area contributed by atoms with Crippen molar-refractivity contribution in [2.75, 3.05) is 37.0 Å². The lowest BCUT2D eigenvalue weighted by Gasteiger charge is -2.39. The van der Waals surface area contributed by atoms with E-state index in [4.69, 9.17) is 9.47 Å². The van der Waals surface area contributed by atoms with Gasteiger partial charge in [0.25, 0.3) is 0 Å². The second-order valence-corrected chi connectivity index (χ2v) is 9.26. The molecule has 6 rings (SSSR count). The van der Waals surface area contributed by atoms with Gasteiger partial charge in [0.2, 0.25) is 11.8 Å². The van der Waals surface area contributed by atoms with Gasteiger partial charge in [-0.3, -0.25) is 0 Å². The van der Waals surface area contributed by atoms with Gasteiger partial charge < -0.3 is 19.7 Å². The molecule has 1 aliphatic carbocycles. The minimum absolute atomic E-state index is 0.0926. The fourth-order valence-corrected chi connectivity index (χ4v) is 5.60. The molecule has 0 radical (unpaired) electrons. The van der Waals surface area contributed by atoms with Crippen LogP contribution in [-0.4, -0.2) is 52.6 Å². The highest BCUT2D eigenvalue weighted by atomic mass is 19.2. The number of hydrogen-bond acceptors (Lipinski definition) is 7. The predicted octanol–water partition coefficient (Wildman–Crippen LogP) is 3.55. The van der Waals surface area contributed by atoms with Crippen molar-refractivity contribution in [2.45, 2.75) is 31.5 Å². The Balaban J connectivity index is 1.21. The van der Waals surface area contributed by atoms with E-state index in [1.54, 1.807) is 18.0 Å². The van der Waals surface area contributed by atoms with Crippen molar-refractivity contribution in [3.8, 4) is 5.88 Å². The minimum Gasteiger partial charge on any atom is -0.481 e. The summed E-state index contributed by atoms with van der Waals surface area (Å²) in [5.74, 6) is -1.80. The van der Waals surface area contributed by atoms with Crippen LogP contribution in [0.2, 0.25) is 0 Å². The molecule has 2 fully saturated rings. The quantitative estimate of drug-likeness (QED) is 0.553. The van der Waals surface area contributed by atoms with E-state index in [-0.39, 0.29) is 18.2 Å². The van der Waals surface area contributed by atoms with Crippen LogP contribution in [0.3, 0.4) is 0 Å². The van der Waals surface area contributed by atoms with Crippen molar-refractivity contribution < 1.29 is 22.6 Å². The first kappa shape index (κ1) is 22.1. The molecule has 1 N–H and O–H groups in total. The maximum absolute atomic E-state index is 14.5. The lowest BCUT2D eigenvalue weighted by atomic mass is 9.92. The van der Waals surface area contributed by atoms with E-state index in [9.17, 15) is 13.2 Å². The van der Waals surface area contributed by atoms with Gasteiger partial charge in [-0.15, -0.1) is 5.10 Å². The van der Waals surface area contributed by atoms with Crippen molar-refractivity contribution in [1.29, 1.82) is 0 Å². The number of nitrogens with zero attached hydrogens (tertiary/aromatic N) is 5. The maximum atomic E-state index is 14.5. The summed E-state index contributed by atoms with van der Waals surface area (Å²) in [7, 11) is 1.61. The van der Waals surface area contributed by atoms with Crippen LogP contribution < -0.4 is 15.0 Å². The second-order valence-electron chi connectivity index (χ2n) is 9.26. The van der Waals surface area contributed by atoms with Crippen LogP contribution in [0.1, 0.15) is 30.3 Å². The molecule has 2 bridgehead atoms. The zero-order valence-electron chi connectivity index (χ0n) is 19.1. The fraction of sp³-hybridized carbons (Fsp3) is 0.458. The number of aromatic nitrogens is 4. The molecular weight excluding hydrogens is 461 g/mol. The Labute approximate surface area is 200 Å². The van der Waals surface area contributed by atoms with Gasteiger partial charge in [-0.1, -0.05) is 0 Å². The smallest absolute Gasteiger partial charge is 0.242 e. The summed E-state index contributed by atoms with van der Waals surface area (Å²) in [6, 6.07) is 6.25. The first-order valence-corrected chi connectivity index (χ1v) is 11.7. The predicted molar refractivity (Wildman–Crippen MR) is 121 cm³/mol. The largest absolute Gasteiger partial charge is 0.481 e. The van der Waals surface area contributed by atoms with E-state index >= 15 is 0 Å². The van der Waals surface area contributed by atoms with Gasteiger partial charge in [0.15, 0.2) is 23.3 Å². The number of benzene rings is 1. The molecule has 0 spiro atoms. The highest BCUT2D eigenvalue weighted by Crippen LogP contribution is 2.40. The molecule has 1 saturated carbocycles. The molecule has 8 nitrogen and oxygen atoms in total. The van der Waals surface area contributed by atoms with E-state index in [1.807, 2.05) is 12.1 Å². The van der Waals surface area contributed by atoms with Gasteiger partial charge >= 0.3 is 0 Å². The Morgan fingerprint density at radius 2 is 1.89 bits per heavy atom. The molecule has 4 atom stereocenters. The summed E-state index contributed by atoms with van der Waals surface area (Å²) < 4.78 is 54.4. The number of nitrogens with one attached hydrogen (secondary N) is 1. The average molecular weight is 486 g/mol. The van der Waals surface area contributed by atoms with E-state index in [0.717, 1.165) is 37.7 Å². The molecule has 2 aromatic heterocycles. The highest BCUT2D eigenvalue weighted by molar-refractivity contribution is 5.49. The second kappa shape index (κ2) is 8.71. The van der Waals surface area contributed by atoms with Crippen LogP contribution in [0.15, 0.2) is 30.5 Å². The van der Waals surface area contributed by atoms with Crippen LogP contribution in [-0.2, 0) is 11.3 Å². The summed E-state index contributed by atoms with van der Waals surface area (Å²) in [4.78, 5) is 11.2. The number of methoxy groups -OCH3 is 1. The monoisotopic (exact) mass is 486 g/mol. The zero-order chi connectivity index (χ0) is 24.1. The Kier molecular flexibility index (Phi) is 5.51. The molecule has 11 heteroatoms. The Morgan fingerprint density at radius 3 is 2.66 bits per heavy atom. The normalized spacial score (nSPS) is 25.4. The van der Waals surface area contributed by atoms with Crippen molar-refractivity contribution in [1.82, 2.24) is 19.7 Å². The summed E-state index contributed by atoms with van der Waals surface area (Å²) in [6.07, 6.45) is 3.00. The molecule has 3 aromatic rings. The zero-order valence-corrected chi connectivity index (χ0v) is 19.1. The maximum Gasteiger partial charge on any atom is 0.242 e. The van der Waals surface area contributed by atoms with Gasteiger partial charge in [-0.05, 0) is 42.9 Å². The Morgan fingerprint density at radius 1 is 1.09 bits per heavy atom. The van der Waals surface area contributed by atoms with E-state index in [0.29, 0.717) is 36.0 Å². The molecule has 1 saturated heterocycles. The van der Waals surface area contributed by atoms with Gasteiger partial charge in [0.05, 0.1) is 20.3 Å². The number of hydrogen-bond donors (Lipinski definition) is 1. The topological polar surface area (TPSA) is 77.3 Å². The van der Waals surface area contributed by atoms with Crippen LogP contribution in [0.5, 0.6) is 5.88 Å². The number of ether oxygens (including phenoxy) is 2. The summed E-state index contributed by atoms with van der Waals surface area (Å²) in [5.41, 5.74) is 1.00. The number of anilines is 2. The number of pyridine rings is 1. The van der Waals surface area contributed by atoms with Gasteiger partial charge in [0, 0.05) is 42.6 Å². The third kappa shape index (κ3) is 3.87. The number of fused-ring (bicyclic) bond motifs is 3. The number of piperidine rings is 1. The van der Waals surface area contributed by atoms with Crippen molar-refractivity contribution >= 4 is 11.6 Å². The molecule has 0 amide bonds. The Bertz CT molecular complexity index is 1240. The highest BCUT2D eigenvalue weighted by Gasteiger charge is 2.43. The first-order valence-electron chi connectivity index (χ1n) is 11.7. The number of rotatable bonds is 5. The van der Waals surface area contributed by atoms with E-state index in [1.165, 1.54) is 6.07 Å². The Hall–Kier alpha value is -3.34. The van der Waals surface area contributed by atoms with Crippen molar-refractivity contribution in [3.63, 3.8) is 0 Å². The van der Waals surface area contributed by atoms with Gasteiger partial charge in [0.1, 0.15) is 6.10 Å². The molecule has 1 aromatic carbocycles. The van der Waals surface area contributed by atoms with Gasteiger partial charge in [-0.2, -0.15) is 4.98 Å². The molecule has 35 heavy (non-hydrogen) atoms.